The number of carbonyl (C=O) groups is 2. The van der Waals surface area contributed by atoms with E-state index in [0.29, 0.717) is 12.8 Å². The molecular formula is C25H34N2O4. The van der Waals surface area contributed by atoms with Crippen LogP contribution < -0.4 is 10.6 Å². The molecule has 2 saturated carbocycles. The van der Waals surface area contributed by atoms with E-state index in [0.717, 1.165) is 56.2 Å². The third-order valence-corrected chi connectivity index (χ3v) is 8.87. The molecule has 1 aromatic carbocycles. The van der Waals surface area contributed by atoms with Crippen molar-refractivity contribution in [2.24, 2.45) is 11.3 Å². The van der Waals surface area contributed by atoms with Crippen LogP contribution in [0.25, 0.3) is 0 Å². The van der Waals surface area contributed by atoms with Gasteiger partial charge in [-0.25, -0.2) is 0 Å². The number of ketones is 1. The van der Waals surface area contributed by atoms with Crippen LogP contribution in [0.3, 0.4) is 0 Å². The number of aliphatic hydroxyl groups excluding tert-OH is 2. The van der Waals surface area contributed by atoms with Gasteiger partial charge in [-0.3, -0.25) is 9.59 Å². The zero-order chi connectivity index (χ0) is 21.6. The lowest BCUT2D eigenvalue weighted by Crippen LogP contribution is -2.72. The number of hydrogen-bond donors (Lipinski definition) is 4. The summed E-state index contributed by atoms with van der Waals surface area (Å²) in [6.45, 7) is 0.753. The average molecular weight is 427 g/mol. The van der Waals surface area contributed by atoms with Crippen molar-refractivity contribution in [3.8, 4) is 0 Å². The summed E-state index contributed by atoms with van der Waals surface area (Å²) in [5, 5.41) is 27.2. The summed E-state index contributed by atoms with van der Waals surface area (Å²) in [6.07, 6.45) is 7.54. The minimum absolute atomic E-state index is 0.0129. The second-order valence-corrected chi connectivity index (χ2v) is 10.3. The number of carbonyl (C=O) groups excluding carboxylic acids is 2. The monoisotopic (exact) mass is 426 g/mol. The fraction of sp³-hybridized carbons (Fsp3) is 0.680. The minimum atomic E-state index is -0.528. The quantitative estimate of drug-likeness (QED) is 0.588. The van der Waals surface area contributed by atoms with Crippen LogP contribution in [0.5, 0.6) is 0 Å². The van der Waals surface area contributed by atoms with Gasteiger partial charge in [-0.05, 0) is 55.3 Å². The smallest absolute Gasteiger partial charge is 0.223 e. The second-order valence-electron chi connectivity index (χ2n) is 10.3. The number of rotatable bonds is 4. The van der Waals surface area contributed by atoms with Gasteiger partial charge in [0.05, 0.1) is 19.3 Å². The summed E-state index contributed by atoms with van der Waals surface area (Å²) in [7, 11) is 0. The molecule has 1 saturated heterocycles. The van der Waals surface area contributed by atoms with E-state index in [-0.39, 0.29) is 36.9 Å². The second kappa shape index (κ2) is 7.98. The average Bonchev–Trinajstić information content (AvgIpc) is 2.79. The van der Waals surface area contributed by atoms with Crippen molar-refractivity contribution in [2.45, 2.75) is 81.9 Å². The summed E-state index contributed by atoms with van der Waals surface area (Å²) in [5.41, 5.74) is 2.23. The highest BCUT2D eigenvalue weighted by Gasteiger charge is 2.65. The van der Waals surface area contributed by atoms with Crippen molar-refractivity contribution in [3.05, 3.63) is 34.9 Å². The van der Waals surface area contributed by atoms with Gasteiger partial charge in [0.2, 0.25) is 5.91 Å². The number of benzene rings is 1. The van der Waals surface area contributed by atoms with Gasteiger partial charge in [-0.2, -0.15) is 0 Å². The first kappa shape index (κ1) is 21.1. The van der Waals surface area contributed by atoms with Crippen molar-refractivity contribution >= 4 is 11.7 Å². The zero-order valence-electron chi connectivity index (χ0n) is 18.2. The molecule has 0 unspecified atom stereocenters. The van der Waals surface area contributed by atoms with Crippen LogP contribution in [0.4, 0.5) is 0 Å². The summed E-state index contributed by atoms with van der Waals surface area (Å²) >= 11 is 0. The maximum absolute atomic E-state index is 13.4. The van der Waals surface area contributed by atoms with Crippen LogP contribution in [-0.4, -0.2) is 47.1 Å². The number of Topliss-reactive ketones (excluding diaryl/α,β-unsaturated/α-hetero) is 1. The van der Waals surface area contributed by atoms with Crippen LogP contribution in [0.2, 0.25) is 0 Å². The summed E-state index contributed by atoms with van der Waals surface area (Å²) < 4.78 is 0. The molecule has 168 valence electrons. The highest BCUT2D eigenvalue weighted by molar-refractivity contribution is 5.92. The van der Waals surface area contributed by atoms with Gasteiger partial charge in [0, 0.05) is 29.2 Å². The number of nitrogens with one attached hydrogen (secondary N) is 2. The van der Waals surface area contributed by atoms with Crippen molar-refractivity contribution in [1.82, 2.24) is 10.6 Å². The topological polar surface area (TPSA) is 98.7 Å². The molecule has 0 radical (unpaired) electrons. The van der Waals surface area contributed by atoms with Crippen LogP contribution in [0.1, 0.15) is 68.1 Å². The van der Waals surface area contributed by atoms with Crippen molar-refractivity contribution in [3.63, 3.8) is 0 Å². The van der Waals surface area contributed by atoms with E-state index in [4.69, 9.17) is 0 Å². The number of piperidine rings is 1. The molecular weight excluding hydrogens is 392 g/mol. The summed E-state index contributed by atoms with van der Waals surface area (Å²) in [5.74, 6) is 0.106. The third-order valence-electron chi connectivity index (χ3n) is 8.87. The number of fused-ring (bicyclic) bond motifs is 1. The molecule has 6 nitrogen and oxygen atoms in total. The Balaban J connectivity index is 1.50. The Morgan fingerprint density at radius 3 is 2.74 bits per heavy atom. The molecule has 4 aliphatic rings. The maximum atomic E-state index is 13.4. The number of hydrogen-bond acceptors (Lipinski definition) is 5. The minimum Gasteiger partial charge on any atom is -0.396 e. The van der Waals surface area contributed by atoms with Gasteiger partial charge in [0.25, 0.3) is 0 Å². The van der Waals surface area contributed by atoms with Gasteiger partial charge >= 0.3 is 0 Å². The Morgan fingerprint density at radius 2 is 2.00 bits per heavy atom. The van der Waals surface area contributed by atoms with E-state index in [1.165, 1.54) is 12.0 Å². The van der Waals surface area contributed by atoms with Crippen LogP contribution in [-0.2, 0) is 28.0 Å². The van der Waals surface area contributed by atoms with E-state index in [9.17, 15) is 19.8 Å². The molecule has 3 fully saturated rings. The van der Waals surface area contributed by atoms with Gasteiger partial charge < -0.3 is 20.8 Å². The lowest BCUT2D eigenvalue weighted by atomic mass is 9.43. The van der Waals surface area contributed by atoms with E-state index < -0.39 is 16.9 Å². The van der Waals surface area contributed by atoms with Gasteiger partial charge in [0.15, 0.2) is 5.78 Å². The molecule has 5 rings (SSSR count). The Hall–Kier alpha value is -1.76. The molecule has 1 aromatic rings. The zero-order valence-corrected chi connectivity index (χ0v) is 18.2. The van der Waals surface area contributed by atoms with E-state index in [2.05, 4.69) is 22.8 Å². The molecule has 4 atom stereocenters. The Kier molecular flexibility index (Phi) is 5.43. The maximum Gasteiger partial charge on any atom is 0.223 e. The molecule has 2 bridgehead atoms. The predicted octanol–water partition coefficient (Wildman–Crippen LogP) is 1.74. The lowest BCUT2D eigenvalue weighted by Gasteiger charge is -2.64. The standard InChI is InChI=1S/C25H34N2O4/c28-14-16-6-7-18-11-22-25(15-29)12-20(27-23(31)17-4-2-1-3-5-17)21(30)13-24(25,8-9-26-22)19(18)10-16/h6-7,10,17,20,22,26,28-29H,1-5,8-9,11-15H2,(H,27,31)/t20-,22+,24+,25+/m0/s1. The lowest BCUT2D eigenvalue weighted by molar-refractivity contribution is -0.143. The molecule has 6 heteroatoms. The predicted molar refractivity (Wildman–Crippen MR) is 116 cm³/mol. The largest absolute Gasteiger partial charge is 0.396 e. The highest BCUT2D eigenvalue weighted by Crippen LogP contribution is 2.60. The van der Waals surface area contributed by atoms with Crippen LogP contribution in [0, 0.1) is 11.3 Å². The summed E-state index contributed by atoms with van der Waals surface area (Å²) in [6, 6.07) is 5.62. The molecule has 1 aliphatic heterocycles. The Labute approximate surface area is 183 Å². The number of amides is 1. The first-order chi connectivity index (χ1) is 15.0. The van der Waals surface area contributed by atoms with Crippen molar-refractivity contribution in [2.75, 3.05) is 13.2 Å². The molecule has 4 N–H and O–H groups in total. The van der Waals surface area contributed by atoms with Crippen LogP contribution >= 0.6 is 0 Å². The Bertz CT molecular complexity index is 880. The van der Waals surface area contributed by atoms with Crippen molar-refractivity contribution in [1.29, 1.82) is 0 Å². The van der Waals surface area contributed by atoms with E-state index >= 15 is 0 Å². The van der Waals surface area contributed by atoms with Gasteiger partial charge in [-0.1, -0.05) is 37.5 Å². The Morgan fingerprint density at radius 1 is 1.19 bits per heavy atom. The van der Waals surface area contributed by atoms with E-state index in [1.807, 2.05) is 6.07 Å². The fourth-order valence-electron chi connectivity index (χ4n) is 7.18. The van der Waals surface area contributed by atoms with Gasteiger partial charge in [-0.15, -0.1) is 0 Å². The third kappa shape index (κ3) is 3.18. The molecule has 0 aromatic heterocycles. The van der Waals surface area contributed by atoms with E-state index in [1.54, 1.807) is 0 Å². The fourth-order valence-corrected chi connectivity index (χ4v) is 7.18. The summed E-state index contributed by atoms with van der Waals surface area (Å²) in [4.78, 5) is 26.3. The first-order valence-corrected chi connectivity index (χ1v) is 11.9. The van der Waals surface area contributed by atoms with Crippen molar-refractivity contribution < 1.29 is 19.8 Å². The highest BCUT2D eigenvalue weighted by atomic mass is 16.3. The molecule has 31 heavy (non-hydrogen) atoms. The normalized spacial score (nSPS) is 35.2. The SMILES string of the molecule is O=C(N[C@H]1C[C@@]2(CO)[C@H]3Cc4ccc(CO)cc4[C@@]2(CCN3)CC1=O)C1CCCCC1. The first-order valence-electron chi connectivity index (χ1n) is 11.9. The molecule has 0 spiro atoms. The van der Waals surface area contributed by atoms with Crippen LogP contribution in [0.15, 0.2) is 18.2 Å². The number of aliphatic hydroxyl groups is 2. The van der Waals surface area contributed by atoms with Gasteiger partial charge in [0.1, 0.15) is 0 Å². The molecule has 1 amide bonds. The molecule has 3 aliphatic carbocycles. The molecule has 1 heterocycles.